The van der Waals surface area contributed by atoms with Gasteiger partial charge in [0.1, 0.15) is 15.2 Å². The molecule has 1 N–H and O–H groups in total. The second kappa shape index (κ2) is 10.7. The molecule has 1 aliphatic rings. The smallest absolute Gasteiger partial charge is 0.251 e. The molecule has 1 aromatic carbocycles. The van der Waals surface area contributed by atoms with Gasteiger partial charge in [0.15, 0.2) is 0 Å². The molecule has 4 rings (SSSR count). The second-order valence-electron chi connectivity index (χ2n) is 7.57. The Morgan fingerprint density at radius 2 is 1.77 bits per heavy atom. The Hall–Kier alpha value is -1.77. The first-order valence-corrected chi connectivity index (χ1v) is 12.2. The molecule has 3 heterocycles. The molecule has 31 heavy (non-hydrogen) atoms. The van der Waals surface area contributed by atoms with Gasteiger partial charge in [-0.1, -0.05) is 37.3 Å². The van der Waals surface area contributed by atoms with E-state index in [9.17, 15) is 9.00 Å². The number of thiophene rings is 1. The van der Waals surface area contributed by atoms with Crippen molar-refractivity contribution in [3.05, 3.63) is 75.7 Å². The van der Waals surface area contributed by atoms with Gasteiger partial charge in [0, 0.05) is 54.4 Å². The van der Waals surface area contributed by atoms with Gasteiger partial charge in [0.25, 0.3) is 5.56 Å². The number of piperazine rings is 1. The predicted octanol–water partition coefficient (Wildman–Crippen LogP) is 4.24. The van der Waals surface area contributed by atoms with Crippen LogP contribution in [0.1, 0.15) is 23.7 Å². The number of hydrogen-bond donors (Lipinski definition) is 1. The minimum absolute atomic E-state index is 0. The molecule has 8 heteroatoms. The largest absolute Gasteiger partial charge is 0.326 e. The van der Waals surface area contributed by atoms with Gasteiger partial charge in [-0.2, -0.15) is 0 Å². The van der Waals surface area contributed by atoms with Crippen molar-refractivity contribution in [3.8, 4) is 10.4 Å². The van der Waals surface area contributed by atoms with Crippen LogP contribution in [0.3, 0.4) is 0 Å². The fourth-order valence-corrected chi connectivity index (χ4v) is 6.38. The molecule has 0 amide bonds. The standard InChI is InChI=1S/C23H27N3O2S2.ClH/c1-3-19-15-20(17(2)24-23(19)27)21-9-10-22(29-21)30(28)26-13-11-25(12-14-26)16-18-7-5-4-6-8-18;/h4-10,15H,3,11-14,16H2,1-2H3,(H,24,27);1H. The maximum absolute atomic E-state index is 13.1. The Morgan fingerprint density at radius 3 is 2.45 bits per heavy atom. The third kappa shape index (κ3) is 5.54. The summed E-state index contributed by atoms with van der Waals surface area (Å²) in [5.41, 5.74) is 3.95. The van der Waals surface area contributed by atoms with Crippen LogP contribution in [0.5, 0.6) is 0 Å². The van der Waals surface area contributed by atoms with Crippen molar-refractivity contribution in [3.63, 3.8) is 0 Å². The zero-order valence-corrected chi connectivity index (χ0v) is 20.2. The van der Waals surface area contributed by atoms with E-state index in [-0.39, 0.29) is 18.0 Å². The molecule has 0 saturated carbocycles. The zero-order chi connectivity index (χ0) is 21.1. The molecule has 1 aliphatic heterocycles. The molecule has 1 atom stereocenters. The zero-order valence-electron chi connectivity index (χ0n) is 17.8. The lowest BCUT2D eigenvalue weighted by molar-refractivity contribution is 0.186. The van der Waals surface area contributed by atoms with Gasteiger partial charge in [-0.25, -0.2) is 8.51 Å². The number of halogens is 1. The minimum atomic E-state index is -1.15. The van der Waals surface area contributed by atoms with Crippen LogP contribution in [0.15, 0.2) is 57.5 Å². The van der Waals surface area contributed by atoms with Crippen LogP contribution in [-0.2, 0) is 24.0 Å². The molecule has 0 radical (unpaired) electrons. The molecule has 2 aromatic heterocycles. The first-order valence-electron chi connectivity index (χ1n) is 10.3. The van der Waals surface area contributed by atoms with E-state index in [1.165, 1.54) is 5.56 Å². The molecule has 3 aromatic rings. The summed E-state index contributed by atoms with van der Waals surface area (Å²) < 4.78 is 16.1. The summed E-state index contributed by atoms with van der Waals surface area (Å²) in [6, 6.07) is 16.4. The van der Waals surface area contributed by atoms with Crippen molar-refractivity contribution in [2.24, 2.45) is 0 Å². The summed E-state index contributed by atoms with van der Waals surface area (Å²) in [5, 5.41) is 0. The van der Waals surface area contributed by atoms with Crippen LogP contribution in [0.25, 0.3) is 10.4 Å². The Morgan fingerprint density at radius 1 is 1.06 bits per heavy atom. The average Bonchev–Trinajstić information content (AvgIpc) is 3.24. The minimum Gasteiger partial charge on any atom is -0.326 e. The molecule has 0 spiro atoms. The van der Waals surface area contributed by atoms with Gasteiger partial charge in [-0.05, 0) is 37.1 Å². The van der Waals surface area contributed by atoms with Crippen LogP contribution < -0.4 is 5.56 Å². The van der Waals surface area contributed by atoms with E-state index in [0.717, 1.165) is 58.6 Å². The Kier molecular flexibility index (Phi) is 8.24. The van der Waals surface area contributed by atoms with Crippen LogP contribution in [0.2, 0.25) is 0 Å². The normalized spacial score (nSPS) is 16.1. The first-order chi connectivity index (χ1) is 14.5. The highest BCUT2D eigenvalue weighted by Gasteiger charge is 2.23. The van der Waals surface area contributed by atoms with Gasteiger partial charge in [-0.3, -0.25) is 9.69 Å². The van der Waals surface area contributed by atoms with Crippen molar-refractivity contribution in [2.45, 2.75) is 31.0 Å². The molecular formula is C23H28ClN3O2S2. The molecule has 1 saturated heterocycles. The number of nitrogens with one attached hydrogen (secondary N) is 1. The van der Waals surface area contributed by atoms with E-state index in [1.54, 1.807) is 11.3 Å². The van der Waals surface area contributed by atoms with E-state index in [2.05, 4.69) is 38.5 Å². The van der Waals surface area contributed by atoms with Crippen LogP contribution >= 0.6 is 23.7 Å². The number of aryl methyl sites for hydroxylation is 2. The lowest BCUT2D eigenvalue weighted by Crippen LogP contribution is -2.46. The highest BCUT2D eigenvalue weighted by Crippen LogP contribution is 2.32. The maximum Gasteiger partial charge on any atom is 0.251 e. The number of nitrogens with zero attached hydrogens (tertiary/aromatic N) is 2. The van der Waals surface area contributed by atoms with Crippen molar-refractivity contribution in [1.82, 2.24) is 14.2 Å². The van der Waals surface area contributed by atoms with Crippen molar-refractivity contribution in [2.75, 3.05) is 26.2 Å². The molecule has 1 unspecified atom stereocenters. The maximum atomic E-state index is 13.1. The Balaban J connectivity index is 0.00000272. The van der Waals surface area contributed by atoms with E-state index < -0.39 is 11.0 Å². The summed E-state index contributed by atoms with van der Waals surface area (Å²) in [6.45, 7) is 8.26. The van der Waals surface area contributed by atoms with Crippen molar-refractivity contribution < 1.29 is 4.21 Å². The van der Waals surface area contributed by atoms with Gasteiger partial charge in [0.2, 0.25) is 0 Å². The van der Waals surface area contributed by atoms with Crippen LogP contribution in [0, 0.1) is 6.92 Å². The highest BCUT2D eigenvalue weighted by molar-refractivity contribution is 7.85. The van der Waals surface area contributed by atoms with Gasteiger partial charge in [0.05, 0.1) is 0 Å². The third-order valence-electron chi connectivity index (χ3n) is 5.53. The summed E-state index contributed by atoms with van der Waals surface area (Å²) in [6.07, 6.45) is 0.694. The average molecular weight is 478 g/mol. The number of H-pyrrole nitrogens is 1. The number of hydrogen-bond acceptors (Lipinski definition) is 4. The Bertz CT molecular complexity index is 1090. The summed E-state index contributed by atoms with van der Waals surface area (Å²) in [4.78, 5) is 18.4. The quantitative estimate of drug-likeness (QED) is 0.577. The van der Waals surface area contributed by atoms with Gasteiger partial charge in [-0.15, -0.1) is 23.7 Å². The fraction of sp³-hybridized carbons (Fsp3) is 0.348. The second-order valence-corrected chi connectivity index (χ2v) is 10.4. The van der Waals surface area contributed by atoms with E-state index in [4.69, 9.17) is 0 Å². The van der Waals surface area contributed by atoms with Gasteiger partial charge < -0.3 is 4.98 Å². The molecule has 0 bridgehead atoms. The van der Waals surface area contributed by atoms with E-state index in [1.807, 2.05) is 38.1 Å². The Labute approximate surface area is 196 Å². The number of rotatable bonds is 6. The molecule has 5 nitrogen and oxygen atoms in total. The number of aromatic amines is 1. The van der Waals surface area contributed by atoms with Crippen molar-refractivity contribution in [1.29, 1.82) is 0 Å². The van der Waals surface area contributed by atoms with Crippen molar-refractivity contribution >= 4 is 34.7 Å². The van der Waals surface area contributed by atoms with Gasteiger partial charge >= 0.3 is 0 Å². The number of pyridine rings is 1. The summed E-state index contributed by atoms with van der Waals surface area (Å²) in [5.74, 6) is 0. The molecule has 0 aliphatic carbocycles. The van der Waals surface area contributed by atoms with Crippen LogP contribution in [0.4, 0.5) is 0 Å². The predicted molar refractivity (Wildman–Crippen MR) is 131 cm³/mol. The fourth-order valence-electron chi connectivity index (χ4n) is 3.77. The lowest BCUT2D eigenvalue weighted by Gasteiger charge is -2.33. The number of benzene rings is 1. The lowest BCUT2D eigenvalue weighted by atomic mass is 10.1. The topological polar surface area (TPSA) is 56.4 Å². The number of aromatic nitrogens is 1. The van der Waals surface area contributed by atoms with E-state index in [0.29, 0.717) is 6.42 Å². The summed E-state index contributed by atoms with van der Waals surface area (Å²) >= 11 is 1.55. The first kappa shape index (κ1) is 23.9. The molecule has 166 valence electrons. The third-order valence-corrected chi connectivity index (χ3v) is 8.44. The van der Waals surface area contributed by atoms with Crippen LogP contribution in [-0.4, -0.2) is 44.6 Å². The van der Waals surface area contributed by atoms with E-state index >= 15 is 0 Å². The summed E-state index contributed by atoms with van der Waals surface area (Å²) in [7, 11) is -1.15. The highest BCUT2D eigenvalue weighted by atomic mass is 35.5. The SMILES string of the molecule is CCc1cc(-c2ccc(S(=O)N3CCN(Cc4ccccc4)CC3)s2)c(C)[nH]c1=O.Cl. The monoisotopic (exact) mass is 477 g/mol. The molecule has 1 fully saturated rings. The molecular weight excluding hydrogens is 450 g/mol.